The molecule has 0 amide bonds. The van der Waals surface area contributed by atoms with Crippen molar-refractivity contribution in [3.8, 4) is 0 Å². The molecular weight excluding hydrogens is 296 g/mol. The SMILES string of the molecule is CC(=O)[C@H]1[C@H](C)C[C@H]2[C@@H]3CC[C@H]4C[C@@H](O)CC[C@]4(C)C3=CC[C@@]21C. The normalized spacial score (nSPS) is 53.6. The molecule has 0 aromatic rings. The standard InChI is InChI=1S/C22H34O2/c1-13-11-19-17-6-5-15-12-16(24)7-9-21(15,3)18(17)8-10-22(19,4)20(13)14(2)23/h8,13,15-17,19-20,24H,5-7,9-12H2,1-4H3/t13-,15+,16+,17-,19+,20-,21+,22+/m1/s1. The number of hydrogen-bond donors (Lipinski definition) is 1. The second-order valence-corrected chi connectivity index (χ2v) is 10.0. The van der Waals surface area contributed by atoms with Crippen LogP contribution in [0.15, 0.2) is 11.6 Å². The molecule has 0 unspecified atom stereocenters. The van der Waals surface area contributed by atoms with Crippen LogP contribution in [0, 0.1) is 40.4 Å². The molecular formula is C22H34O2. The Labute approximate surface area is 147 Å². The van der Waals surface area contributed by atoms with E-state index in [1.807, 2.05) is 6.92 Å². The van der Waals surface area contributed by atoms with Crippen molar-refractivity contribution in [2.45, 2.75) is 78.7 Å². The summed E-state index contributed by atoms with van der Waals surface area (Å²) < 4.78 is 0. The highest BCUT2D eigenvalue weighted by Crippen LogP contribution is 2.66. The molecule has 0 bridgehead atoms. The zero-order valence-corrected chi connectivity index (χ0v) is 15.8. The van der Waals surface area contributed by atoms with E-state index in [1.54, 1.807) is 5.57 Å². The van der Waals surface area contributed by atoms with Crippen LogP contribution in [0.2, 0.25) is 0 Å². The first-order chi connectivity index (χ1) is 11.3. The van der Waals surface area contributed by atoms with E-state index in [0.717, 1.165) is 25.7 Å². The largest absolute Gasteiger partial charge is 0.393 e. The van der Waals surface area contributed by atoms with E-state index in [9.17, 15) is 9.90 Å². The van der Waals surface area contributed by atoms with Crippen molar-refractivity contribution in [2.75, 3.05) is 0 Å². The van der Waals surface area contributed by atoms with Gasteiger partial charge in [-0.1, -0.05) is 32.4 Å². The lowest BCUT2D eigenvalue weighted by Crippen LogP contribution is -2.49. The number of carbonyl (C=O) groups excluding carboxylic acids is 1. The summed E-state index contributed by atoms with van der Waals surface area (Å²) in [6, 6.07) is 0. The zero-order valence-electron chi connectivity index (χ0n) is 15.8. The van der Waals surface area contributed by atoms with Crippen molar-refractivity contribution in [1.29, 1.82) is 0 Å². The van der Waals surface area contributed by atoms with Gasteiger partial charge in [0.15, 0.2) is 0 Å². The first-order valence-corrected chi connectivity index (χ1v) is 10.2. The molecule has 0 saturated heterocycles. The first-order valence-electron chi connectivity index (χ1n) is 10.2. The Bertz CT molecular complexity index is 579. The summed E-state index contributed by atoms with van der Waals surface area (Å²) >= 11 is 0. The predicted octanol–water partition coefficient (Wildman–Crippen LogP) is 4.76. The molecule has 2 heteroatoms. The number of hydrogen-bond acceptors (Lipinski definition) is 2. The topological polar surface area (TPSA) is 37.3 Å². The fourth-order valence-corrected chi connectivity index (χ4v) is 7.74. The molecule has 0 radical (unpaired) electrons. The van der Waals surface area contributed by atoms with Gasteiger partial charge in [-0.2, -0.15) is 0 Å². The second-order valence-electron chi connectivity index (χ2n) is 10.0. The number of rotatable bonds is 1. The number of Topliss-reactive ketones (excluding diaryl/α,β-unsaturated/α-hetero) is 1. The highest BCUT2D eigenvalue weighted by atomic mass is 16.3. The van der Waals surface area contributed by atoms with E-state index in [2.05, 4.69) is 26.8 Å². The van der Waals surface area contributed by atoms with Crippen LogP contribution in [0.4, 0.5) is 0 Å². The summed E-state index contributed by atoms with van der Waals surface area (Å²) in [5.74, 6) is 3.22. The van der Waals surface area contributed by atoms with Crippen LogP contribution in [-0.4, -0.2) is 17.0 Å². The van der Waals surface area contributed by atoms with Crippen LogP contribution < -0.4 is 0 Å². The highest BCUT2D eigenvalue weighted by molar-refractivity contribution is 5.80. The van der Waals surface area contributed by atoms with Crippen LogP contribution in [0.3, 0.4) is 0 Å². The van der Waals surface area contributed by atoms with Crippen molar-refractivity contribution >= 4 is 5.78 Å². The maximum atomic E-state index is 12.4. The summed E-state index contributed by atoms with van der Waals surface area (Å²) in [4.78, 5) is 12.4. The summed E-state index contributed by atoms with van der Waals surface area (Å²) in [6.07, 6.45) is 10.4. The molecule has 24 heavy (non-hydrogen) atoms. The van der Waals surface area contributed by atoms with Gasteiger partial charge in [0.25, 0.3) is 0 Å². The second kappa shape index (κ2) is 5.43. The number of carbonyl (C=O) groups is 1. The summed E-state index contributed by atoms with van der Waals surface area (Å²) in [6.45, 7) is 9.00. The molecule has 4 aliphatic rings. The average molecular weight is 331 g/mol. The lowest BCUT2D eigenvalue weighted by atomic mass is 9.48. The molecule has 1 N–H and O–H groups in total. The van der Waals surface area contributed by atoms with E-state index >= 15 is 0 Å². The van der Waals surface area contributed by atoms with Crippen LogP contribution in [0.1, 0.15) is 72.6 Å². The van der Waals surface area contributed by atoms with E-state index in [1.165, 1.54) is 19.3 Å². The minimum atomic E-state index is -0.0809. The maximum Gasteiger partial charge on any atom is 0.133 e. The van der Waals surface area contributed by atoms with Gasteiger partial charge in [0, 0.05) is 5.92 Å². The molecule has 0 aliphatic heterocycles. The predicted molar refractivity (Wildman–Crippen MR) is 96.4 cm³/mol. The smallest absolute Gasteiger partial charge is 0.133 e. The van der Waals surface area contributed by atoms with Crippen molar-refractivity contribution in [1.82, 2.24) is 0 Å². The van der Waals surface area contributed by atoms with Crippen LogP contribution in [0.25, 0.3) is 0 Å². The van der Waals surface area contributed by atoms with E-state index in [4.69, 9.17) is 0 Å². The summed E-state index contributed by atoms with van der Waals surface area (Å²) in [5, 5.41) is 10.1. The van der Waals surface area contributed by atoms with Gasteiger partial charge in [-0.3, -0.25) is 4.79 Å². The maximum absolute atomic E-state index is 12.4. The van der Waals surface area contributed by atoms with E-state index in [-0.39, 0.29) is 17.4 Å². The van der Waals surface area contributed by atoms with Gasteiger partial charge < -0.3 is 5.11 Å². The summed E-state index contributed by atoms with van der Waals surface area (Å²) in [7, 11) is 0. The Morgan fingerprint density at radius 1 is 1.21 bits per heavy atom. The Morgan fingerprint density at radius 3 is 2.67 bits per heavy atom. The molecule has 4 rings (SSSR count). The van der Waals surface area contributed by atoms with Gasteiger partial charge in [0.05, 0.1) is 6.10 Å². The molecule has 0 aromatic heterocycles. The quantitative estimate of drug-likeness (QED) is 0.704. The Hall–Kier alpha value is -0.630. The first kappa shape index (κ1) is 16.8. The average Bonchev–Trinajstić information content (AvgIpc) is 2.78. The molecule has 0 heterocycles. The molecule has 3 saturated carbocycles. The fourth-order valence-electron chi connectivity index (χ4n) is 7.74. The van der Waals surface area contributed by atoms with E-state index < -0.39 is 0 Å². The van der Waals surface area contributed by atoms with Crippen LogP contribution in [-0.2, 0) is 4.79 Å². The monoisotopic (exact) mass is 330 g/mol. The zero-order chi connectivity index (χ0) is 17.3. The molecule has 3 fully saturated rings. The molecule has 0 aromatic carbocycles. The van der Waals surface area contributed by atoms with Crippen molar-refractivity contribution < 1.29 is 9.90 Å². The Morgan fingerprint density at radius 2 is 1.96 bits per heavy atom. The molecule has 134 valence electrons. The summed E-state index contributed by atoms with van der Waals surface area (Å²) in [5.41, 5.74) is 2.20. The van der Waals surface area contributed by atoms with Gasteiger partial charge in [0.1, 0.15) is 5.78 Å². The van der Waals surface area contributed by atoms with E-state index in [0.29, 0.717) is 34.9 Å². The van der Waals surface area contributed by atoms with Crippen LogP contribution >= 0.6 is 0 Å². The number of allylic oxidation sites excluding steroid dienone is 2. The minimum Gasteiger partial charge on any atom is -0.393 e. The molecule has 8 atom stereocenters. The van der Waals surface area contributed by atoms with Crippen molar-refractivity contribution in [2.24, 2.45) is 40.4 Å². The molecule has 4 aliphatic carbocycles. The number of fused-ring (bicyclic) bond motifs is 5. The minimum absolute atomic E-state index is 0.0809. The van der Waals surface area contributed by atoms with Gasteiger partial charge in [0.2, 0.25) is 0 Å². The lowest BCUT2D eigenvalue weighted by molar-refractivity contribution is -0.126. The number of ketones is 1. The highest BCUT2D eigenvalue weighted by Gasteiger charge is 2.59. The third-order valence-electron chi connectivity index (χ3n) is 8.78. The Kier molecular flexibility index (Phi) is 3.81. The number of aliphatic hydroxyl groups is 1. The van der Waals surface area contributed by atoms with Gasteiger partial charge in [-0.15, -0.1) is 0 Å². The fraction of sp³-hybridized carbons (Fsp3) is 0.864. The number of aliphatic hydroxyl groups excluding tert-OH is 1. The lowest BCUT2D eigenvalue weighted by Gasteiger charge is -2.56. The van der Waals surface area contributed by atoms with Crippen molar-refractivity contribution in [3.63, 3.8) is 0 Å². The van der Waals surface area contributed by atoms with Gasteiger partial charge in [-0.25, -0.2) is 0 Å². The Balaban J connectivity index is 1.70. The van der Waals surface area contributed by atoms with Crippen molar-refractivity contribution in [3.05, 3.63) is 11.6 Å². The van der Waals surface area contributed by atoms with Crippen LogP contribution in [0.5, 0.6) is 0 Å². The third-order valence-corrected chi connectivity index (χ3v) is 8.78. The third kappa shape index (κ3) is 2.14. The van der Waals surface area contributed by atoms with Gasteiger partial charge >= 0.3 is 0 Å². The molecule has 0 spiro atoms. The van der Waals surface area contributed by atoms with Gasteiger partial charge in [-0.05, 0) is 86.4 Å². The molecule has 2 nitrogen and oxygen atoms in total.